The summed E-state index contributed by atoms with van der Waals surface area (Å²) in [5, 5.41) is 7.04. The number of halogens is 1. The van der Waals surface area contributed by atoms with E-state index in [1.54, 1.807) is 0 Å². The number of nitrogens with one attached hydrogen (secondary N) is 2. The highest BCUT2D eigenvalue weighted by molar-refractivity contribution is 14.0. The number of hydrogen-bond acceptors (Lipinski definition) is 4. The lowest BCUT2D eigenvalue weighted by Gasteiger charge is -2.38. The van der Waals surface area contributed by atoms with Gasteiger partial charge in [-0.3, -0.25) is 9.89 Å². The largest absolute Gasteiger partial charge is 0.379 e. The number of nitrogens with zero attached hydrogens (tertiary/aromatic N) is 3. The van der Waals surface area contributed by atoms with Crippen LogP contribution in [0.4, 0.5) is 0 Å². The molecule has 2 fully saturated rings. The summed E-state index contributed by atoms with van der Waals surface area (Å²) in [7, 11) is 2.23. The van der Waals surface area contributed by atoms with Gasteiger partial charge in [-0.1, -0.05) is 26.7 Å². The van der Waals surface area contributed by atoms with Gasteiger partial charge in [-0.25, -0.2) is 0 Å². The van der Waals surface area contributed by atoms with Gasteiger partial charge in [0, 0.05) is 32.2 Å². The summed E-state index contributed by atoms with van der Waals surface area (Å²) in [6.45, 7) is 15.9. The van der Waals surface area contributed by atoms with E-state index in [0.29, 0.717) is 12.0 Å². The molecule has 1 unspecified atom stereocenters. The van der Waals surface area contributed by atoms with Crippen LogP contribution in [0, 0.1) is 11.8 Å². The van der Waals surface area contributed by atoms with Crippen LogP contribution in [0.5, 0.6) is 0 Å². The molecule has 2 rings (SSSR count). The molecule has 0 bridgehead atoms. The number of ether oxygens (including phenoxy) is 1. The maximum absolute atomic E-state index is 5.57. The number of likely N-dealkylation sites (tertiary alicyclic amines) is 1. The smallest absolute Gasteiger partial charge is 0.191 e. The normalized spacial score (nSPS) is 21.1. The molecule has 2 aliphatic rings. The van der Waals surface area contributed by atoms with Crippen molar-refractivity contribution < 1.29 is 4.74 Å². The van der Waals surface area contributed by atoms with Crippen molar-refractivity contribution in [2.45, 2.75) is 58.9 Å². The summed E-state index contributed by atoms with van der Waals surface area (Å²) in [5.74, 6) is 2.54. The molecule has 2 saturated heterocycles. The summed E-state index contributed by atoms with van der Waals surface area (Å²) in [4.78, 5) is 10.1. The first-order valence-electron chi connectivity index (χ1n) is 11.7. The molecule has 1 atom stereocenters. The van der Waals surface area contributed by atoms with E-state index in [9.17, 15) is 0 Å². The highest BCUT2D eigenvalue weighted by Gasteiger charge is 2.26. The van der Waals surface area contributed by atoms with E-state index in [0.717, 1.165) is 57.8 Å². The molecular weight excluding hydrogens is 477 g/mol. The van der Waals surface area contributed by atoms with Crippen molar-refractivity contribution in [2.24, 2.45) is 16.8 Å². The van der Waals surface area contributed by atoms with Gasteiger partial charge in [-0.05, 0) is 58.2 Å². The van der Waals surface area contributed by atoms with E-state index < -0.39 is 0 Å². The minimum Gasteiger partial charge on any atom is -0.379 e. The van der Waals surface area contributed by atoms with Gasteiger partial charge in [0.1, 0.15) is 0 Å². The quantitative estimate of drug-likeness (QED) is 0.262. The molecule has 0 aromatic rings. The predicted octanol–water partition coefficient (Wildman–Crippen LogP) is 3.03. The molecule has 7 heteroatoms. The van der Waals surface area contributed by atoms with Crippen LogP contribution in [0.2, 0.25) is 0 Å². The van der Waals surface area contributed by atoms with Crippen LogP contribution in [-0.4, -0.2) is 87.9 Å². The van der Waals surface area contributed by atoms with Crippen molar-refractivity contribution in [1.29, 1.82) is 0 Å². The topological polar surface area (TPSA) is 52.1 Å². The standard InChI is InChI=1S/C22H45N5O.HI/c1-5-20(6-2)21(27-14-16-28-17-15-27)18-25-22(23-7-3)24-11-8-19-9-12-26(4)13-10-19;/h19-21H,5-18H2,1-4H3,(H2,23,24,25);1H. The Morgan fingerprint density at radius 2 is 1.69 bits per heavy atom. The number of aliphatic imine (C=N–C) groups is 1. The van der Waals surface area contributed by atoms with Crippen LogP contribution in [-0.2, 0) is 4.74 Å². The Bertz CT molecular complexity index is 433. The van der Waals surface area contributed by atoms with Gasteiger partial charge in [0.2, 0.25) is 0 Å². The van der Waals surface area contributed by atoms with E-state index in [1.807, 2.05) is 0 Å². The van der Waals surface area contributed by atoms with Crippen LogP contribution in [0.15, 0.2) is 4.99 Å². The fraction of sp³-hybridized carbons (Fsp3) is 0.955. The third-order valence-corrected chi connectivity index (χ3v) is 6.57. The minimum absolute atomic E-state index is 0. The van der Waals surface area contributed by atoms with Crippen molar-refractivity contribution in [3.63, 3.8) is 0 Å². The highest BCUT2D eigenvalue weighted by Crippen LogP contribution is 2.21. The molecular formula is C22H46IN5O. The molecule has 0 spiro atoms. The Morgan fingerprint density at radius 1 is 1.03 bits per heavy atom. The van der Waals surface area contributed by atoms with Crippen molar-refractivity contribution >= 4 is 29.9 Å². The average molecular weight is 524 g/mol. The molecule has 0 aromatic heterocycles. The summed E-state index contributed by atoms with van der Waals surface area (Å²) < 4.78 is 5.57. The minimum atomic E-state index is 0. The van der Waals surface area contributed by atoms with Gasteiger partial charge in [-0.2, -0.15) is 0 Å². The first-order valence-corrected chi connectivity index (χ1v) is 11.7. The van der Waals surface area contributed by atoms with Gasteiger partial charge in [0.15, 0.2) is 5.96 Å². The van der Waals surface area contributed by atoms with Gasteiger partial charge >= 0.3 is 0 Å². The van der Waals surface area contributed by atoms with Crippen LogP contribution in [0.1, 0.15) is 52.9 Å². The Morgan fingerprint density at radius 3 is 2.28 bits per heavy atom. The van der Waals surface area contributed by atoms with E-state index >= 15 is 0 Å². The van der Waals surface area contributed by atoms with Gasteiger partial charge < -0.3 is 20.3 Å². The molecule has 0 aliphatic carbocycles. The lowest BCUT2D eigenvalue weighted by molar-refractivity contribution is 0.00395. The molecule has 2 heterocycles. The SMILES string of the molecule is CCNC(=NCC(C(CC)CC)N1CCOCC1)NCCC1CCN(C)CC1.I. The molecule has 0 aromatic carbocycles. The molecule has 0 saturated carbocycles. The second-order valence-corrected chi connectivity index (χ2v) is 8.47. The molecule has 2 N–H and O–H groups in total. The number of hydrogen-bond donors (Lipinski definition) is 2. The monoisotopic (exact) mass is 523 g/mol. The van der Waals surface area contributed by atoms with E-state index in [-0.39, 0.29) is 24.0 Å². The van der Waals surface area contributed by atoms with Crippen LogP contribution < -0.4 is 10.6 Å². The molecule has 172 valence electrons. The van der Waals surface area contributed by atoms with Gasteiger partial charge in [0.25, 0.3) is 0 Å². The summed E-state index contributed by atoms with van der Waals surface area (Å²) in [6.07, 6.45) is 6.35. The molecule has 0 amide bonds. The average Bonchev–Trinajstić information content (AvgIpc) is 2.73. The lowest BCUT2D eigenvalue weighted by Crippen LogP contribution is -2.49. The fourth-order valence-corrected chi connectivity index (χ4v) is 4.58. The maximum Gasteiger partial charge on any atom is 0.191 e. The van der Waals surface area contributed by atoms with E-state index in [2.05, 4.69) is 48.3 Å². The number of rotatable bonds is 10. The van der Waals surface area contributed by atoms with Crippen molar-refractivity contribution in [1.82, 2.24) is 20.4 Å². The maximum atomic E-state index is 5.57. The first-order chi connectivity index (χ1) is 13.7. The number of piperidine rings is 1. The van der Waals surface area contributed by atoms with E-state index in [4.69, 9.17) is 9.73 Å². The summed E-state index contributed by atoms with van der Waals surface area (Å²) >= 11 is 0. The van der Waals surface area contributed by atoms with Crippen molar-refractivity contribution in [3.8, 4) is 0 Å². The van der Waals surface area contributed by atoms with Crippen LogP contribution >= 0.6 is 24.0 Å². The second kappa shape index (κ2) is 15.6. The van der Waals surface area contributed by atoms with Gasteiger partial charge in [0.05, 0.1) is 19.8 Å². The molecule has 0 radical (unpaired) electrons. The zero-order chi connectivity index (χ0) is 20.2. The zero-order valence-corrected chi connectivity index (χ0v) is 21.6. The van der Waals surface area contributed by atoms with Gasteiger partial charge in [-0.15, -0.1) is 24.0 Å². The summed E-state index contributed by atoms with van der Waals surface area (Å²) in [6, 6.07) is 0.517. The zero-order valence-electron chi connectivity index (χ0n) is 19.3. The van der Waals surface area contributed by atoms with Crippen molar-refractivity contribution in [2.75, 3.05) is 66.1 Å². The fourth-order valence-electron chi connectivity index (χ4n) is 4.58. The first kappa shape index (κ1) is 26.9. The number of guanidine groups is 1. The molecule has 6 nitrogen and oxygen atoms in total. The molecule has 29 heavy (non-hydrogen) atoms. The third kappa shape index (κ3) is 9.70. The third-order valence-electron chi connectivity index (χ3n) is 6.57. The Hall–Kier alpha value is -0.120. The molecule has 2 aliphatic heterocycles. The second-order valence-electron chi connectivity index (χ2n) is 8.47. The van der Waals surface area contributed by atoms with Crippen molar-refractivity contribution in [3.05, 3.63) is 0 Å². The Labute approximate surface area is 196 Å². The summed E-state index contributed by atoms with van der Waals surface area (Å²) in [5.41, 5.74) is 0. The Kier molecular flexibility index (Phi) is 14.5. The number of morpholine rings is 1. The van der Waals surface area contributed by atoms with Crippen LogP contribution in [0.25, 0.3) is 0 Å². The Balaban J connectivity index is 0.00000420. The lowest BCUT2D eigenvalue weighted by atomic mass is 9.92. The van der Waals surface area contributed by atoms with Crippen LogP contribution in [0.3, 0.4) is 0 Å². The highest BCUT2D eigenvalue weighted by atomic mass is 127. The predicted molar refractivity (Wildman–Crippen MR) is 134 cm³/mol. The van der Waals surface area contributed by atoms with E-state index in [1.165, 1.54) is 45.2 Å².